The first-order valence-corrected chi connectivity index (χ1v) is 6.38. The maximum atomic E-state index is 12.5. The van der Waals surface area contributed by atoms with Crippen LogP contribution in [-0.2, 0) is 11.0 Å². The number of carboxylic acids is 1. The highest BCUT2D eigenvalue weighted by atomic mass is 19.4. The monoisotopic (exact) mass is 291 g/mol. The molecular formula is C12H16F3N3O2. The highest BCUT2D eigenvalue weighted by Gasteiger charge is 2.34. The van der Waals surface area contributed by atoms with Crippen molar-refractivity contribution >= 4 is 5.97 Å². The van der Waals surface area contributed by atoms with E-state index in [-0.39, 0.29) is 5.92 Å². The molecular weight excluding hydrogens is 275 g/mol. The summed E-state index contributed by atoms with van der Waals surface area (Å²) in [4.78, 5) is 18.8. The van der Waals surface area contributed by atoms with Gasteiger partial charge in [0.25, 0.3) is 0 Å². The molecule has 0 bridgehead atoms. The number of H-pyrrole nitrogens is 1. The van der Waals surface area contributed by atoms with Crippen molar-refractivity contribution in [3.8, 4) is 0 Å². The number of likely N-dealkylation sites (tertiary alicyclic amines) is 1. The quantitative estimate of drug-likeness (QED) is 0.894. The maximum Gasteiger partial charge on any atom is 0.432 e. The molecule has 1 fully saturated rings. The van der Waals surface area contributed by atoms with Gasteiger partial charge in [-0.3, -0.25) is 9.69 Å². The molecule has 0 aromatic carbocycles. The van der Waals surface area contributed by atoms with Gasteiger partial charge in [-0.25, -0.2) is 4.98 Å². The van der Waals surface area contributed by atoms with E-state index >= 15 is 0 Å². The van der Waals surface area contributed by atoms with Gasteiger partial charge in [0, 0.05) is 5.92 Å². The topological polar surface area (TPSA) is 69.2 Å². The Kier molecular flexibility index (Phi) is 4.03. The van der Waals surface area contributed by atoms with Crippen molar-refractivity contribution in [3.05, 3.63) is 17.7 Å². The lowest BCUT2D eigenvalue weighted by molar-refractivity contribution is -0.143. The van der Waals surface area contributed by atoms with Gasteiger partial charge in [0.1, 0.15) is 17.6 Å². The molecule has 1 aliphatic rings. The normalized spacial score (nSPS) is 20.0. The van der Waals surface area contributed by atoms with Crippen LogP contribution in [0.4, 0.5) is 13.2 Å². The number of aromatic amines is 1. The standard InChI is InChI=1S/C12H16F3N3O2/c1-7(11(19)20)18-4-2-8(3-5-18)10-16-6-9(17-10)12(13,14)15/h6-8H,2-5H2,1H3,(H,16,17)(H,19,20)/t7-/m0/s1. The second kappa shape index (κ2) is 5.43. The van der Waals surface area contributed by atoms with Crippen LogP contribution in [0.2, 0.25) is 0 Å². The first-order chi connectivity index (χ1) is 9.29. The Morgan fingerprint density at radius 3 is 2.55 bits per heavy atom. The van der Waals surface area contributed by atoms with Crippen LogP contribution >= 0.6 is 0 Å². The molecule has 8 heteroatoms. The number of halogens is 3. The predicted molar refractivity (Wildman–Crippen MR) is 64.2 cm³/mol. The lowest BCUT2D eigenvalue weighted by atomic mass is 9.95. The molecule has 2 heterocycles. The summed E-state index contributed by atoms with van der Waals surface area (Å²) in [7, 11) is 0. The van der Waals surface area contributed by atoms with Gasteiger partial charge in [0.2, 0.25) is 0 Å². The maximum absolute atomic E-state index is 12.5. The molecule has 1 saturated heterocycles. The highest BCUT2D eigenvalue weighted by molar-refractivity contribution is 5.72. The molecule has 0 radical (unpaired) electrons. The number of imidazole rings is 1. The van der Waals surface area contributed by atoms with Crippen LogP contribution in [0.3, 0.4) is 0 Å². The largest absolute Gasteiger partial charge is 0.480 e. The van der Waals surface area contributed by atoms with E-state index in [1.54, 1.807) is 6.92 Å². The van der Waals surface area contributed by atoms with Crippen molar-refractivity contribution in [2.75, 3.05) is 13.1 Å². The van der Waals surface area contributed by atoms with Crippen molar-refractivity contribution in [3.63, 3.8) is 0 Å². The molecule has 1 aromatic heterocycles. The number of carboxylic acid groups (broad SMARTS) is 1. The van der Waals surface area contributed by atoms with E-state index < -0.39 is 23.9 Å². The summed E-state index contributed by atoms with van der Waals surface area (Å²) in [6.45, 7) is 2.69. The third-order valence-corrected chi connectivity index (χ3v) is 3.72. The third-order valence-electron chi connectivity index (χ3n) is 3.72. The lowest BCUT2D eigenvalue weighted by Crippen LogP contribution is -2.43. The molecule has 0 saturated carbocycles. The zero-order valence-electron chi connectivity index (χ0n) is 10.9. The van der Waals surface area contributed by atoms with Crippen LogP contribution in [-0.4, -0.2) is 45.1 Å². The van der Waals surface area contributed by atoms with Gasteiger partial charge in [-0.1, -0.05) is 0 Å². The Hall–Kier alpha value is -1.57. The first kappa shape index (κ1) is 14.8. The van der Waals surface area contributed by atoms with Gasteiger partial charge < -0.3 is 10.1 Å². The van der Waals surface area contributed by atoms with Crippen molar-refractivity contribution in [2.45, 2.75) is 37.9 Å². The molecule has 112 valence electrons. The number of alkyl halides is 3. The van der Waals surface area contributed by atoms with Gasteiger partial charge >= 0.3 is 12.1 Å². The summed E-state index contributed by atoms with van der Waals surface area (Å²) >= 11 is 0. The van der Waals surface area contributed by atoms with Crippen LogP contribution < -0.4 is 0 Å². The average molecular weight is 291 g/mol. The Morgan fingerprint density at radius 2 is 2.10 bits per heavy atom. The summed E-state index contributed by atoms with van der Waals surface area (Å²) in [6.07, 6.45) is -2.41. The van der Waals surface area contributed by atoms with Crippen molar-refractivity contribution in [2.24, 2.45) is 0 Å². The van der Waals surface area contributed by atoms with Gasteiger partial charge in [0.05, 0.1) is 6.20 Å². The SMILES string of the molecule is C[C@@H](C(=O)O)N1CCC(c2ncc(C(F)(F)F)[nH]2)CC1. The van der Waals surface area contributed by atoms with Gasteiger partial charge in [-0.15, -0.1) is 0 Å². The van der Waals surface area contributed by atoms with Crippen LogP contribution in [0.1, 0.15) is 37.2 Å². The Morgan fingerprint density at radius 1 is 1.50 bits per heavy atom. The van der Waals surface area contributed by atoms with Gasteiger partial charge in [-0.05, 0) is 32.9 Å². The molecule has 1 aromatic rings. The predicted octanol–water partition coefficient (Wildman–Crippen LogP) is 2.08. The van der Waals surface area contributed by atoms with Crippen LogP contribution in [0, 0.1) is 0 Å². The Balaban J connectivity index is 1.97. The van der Waals surface area contributed by atoms with E-state index in [9.17, 15) is 18.0 Å². The van der Waals surface area contributed by atoms with Crippen LogP contribution in [0.25, 0.3) is 0 Å². The molecule has 0 spiro atoms. The minimum atomic E-state index is -4.41. The van der Waals surface area contributed by atoms with E-state index in [1.807, 2.05) is 4.90 Å². The van der Waals surface area contributed by atoms with Gasteiger partial charge in [0.15, 0.2) is 0 Å². The number of carbonyl (C=O) groups is 1. The third kappa shape index (κ3) is 3.12. The number of hydrogen-bond acceptors (Lipinski definition) is 3. The minimum absolute atomic E-state index is 0.0802. The molecule has 2 N–H and O–H groups in total. The summed E-state index contributed by atoms with van der Waals surface area (Å²) in [5, 5.41) is 8.92. The fourth-order valence-electron chi connectivity index (χ4n) is 2.40. The fourth-order valence-corrected chi connectivity index (χ4v) is 2.40. The molecule has 2 rings (SSSR count). The number of aromatic nitrogens is 2. The smallest absolute Gasteiger partial charge is 0.432 e. The molecule has 20 heavy (non-hydrogen) atoms. The molecule has 0 aliphatic carbocycles. The molecule has 0 amide bonds. The fraction of sp³-hybridized carbons (Fsp3) is 0.667. The first-order valence-electron chi connectivity index (χ1n) is 6.38. The van der Waals surface area contributed by atoms with Crippen molar-refractivity contribution in [1.82, 2.24) is 14.9 Å². The second-order valence-corrected chi connectivity index (χ2v) is 5.00. The van der Waals surface area contributed by atoms with Gasteiger partial charge in [-0.2, -0.15) is 13.2 Å². The molecule has 0 unspecified atom stereocenters. The number of rotatable bonds is 3. The van der Waals surface area contributed by atoms with Crippen molar-refractivity contribution < 1.29 is 23.1 Å². The van der Waals surface area contributed by atoms with E-state index in [1.165, 1.54) is 0 Å². The van der Waals surface area contributed by atoms with E-state index in [0.717, 1.165) is 6.20 Å². The van der Waals surface area contributed by atoms with Crippen LogP contribution in [0.5, 0.6) is 0 Å². The second-order valence-electron chi connectivity index (χ2n) is 5.00. The Labute approximate surface area is 113 Å². The van der Waals surface area contributed by atoms with E-state index in [0.29, 0.717) is 31.8 Å². The summed E-state index contributed by atoms with van der Waals surface area (Å²) in [5.41, 5.74) is -0.839. The zero-order valence-corrected chi connectivity index (χ0v) is 10.9. The molecule has 1 atom stereocenters. The minimum Gasteiger partial charge on any atom is -0.480 e. The van der Waals surface area contributed by atoms with Crippen LogP contribution in [0.15, 0.2) is 6.20 Å². The number of hydrogen-bond donors (Lipinski definition) is 2. The highest BCUT2D eigenvalue weighted by Crippen LogP contribution is 2.31. The molecule has 5 nitrogen and oxygen atoms in total. The number of nitrogens with zero attached hydrogens (tertiary/aromatic N) is 2. The molecule has 1 aliphatic heterocycles. The van der Waals surface area contributed by atoms with E-state index in [2.05, 4.69) is 9.97 Å². The average Bonchev–Trinajstić information content (AvgIpc) is 2.87. The number of aliphatic carboxylic acids is 1. The summed E-state index contributed by atoms with van der Waals surface area (Å²) in [6, 6.07) is -0.571. The van der Waals surface area contributed by atoms with E-state index in [4.69, 9.17) is 5.11 Å². The summed E-state index contributed by atoms with van der Waals surface area (Å²) < 4.78 is 37.4. The number of nitrogens with one attached hydrogen (secondary N) is 1. The van der Waals surface area contributed by atoms with Crippen molar-refractivity contribution in [1.29, 1.82) is 0 Å². The summed E-state index contributed by atoms with van der Waals surface area (Å²) in [5.74, 6) is -0.635. The Bertz CT molecular complexity index is 479. The number of piperidine rings is 1. The zero-order chi connectivity index (χ0) is 14.9. The lowest BCUT2D eigenvalue weighted by Gasteiger charge is -2.33.